The van der Waals surface area contributed by atoms with Gasteiger partial charge in [-0.1, -0.05) is 18.5 Å². The van der Waals surface area contributed by atoms with Gasteiger partial charge in [-0.2, -0.15) is 5.10 Å². The van der Waals surface area contributed by atoms with Crippen LogP contribution in [-0.4, -0.2) is 20.5 Å². The second-order valence-corrected chi connectivity index (χ2v) is 5.91. The van der Waals surface area contributed by atoms with E-state index in [1.54, 1.807) is 17.1 Å². The molecule has 0 aliphatic rings. The molecule has 0 saturated carbocycles. The fourth-order valence-corrected chi connectivity index (χ4v) is 3.02. The van der Waals surface area contributed by atoms with E-state index in [1.165, 1.54) is 11.3 Å². The van der Waals surface area contributed by atoms with Gasteiger partial charge < -0.3 is 5.73 Å². The molecule has 108 valence electrons. The number of Topliss-reactive ketones (excluding diaryl/α,β-unsaturated/α-hetero) is 1. The van der Waals surface area contributed by atoms with Crippen LogP contribution >= 0.6 is 22.9 Å². The first kappa shape index (κ1) is 15.2. The molecule has 0 fully saturated rings. The van der Waals surface area contributed by atoms with Crippen molar-refractivity contribution < 1.29 is 4.79 Å². The Morgan fingerprint density at radius 2 is 2.30 bits per heavy atom. The van der Waals surface area contributed by atoms with E-state index in [1.807, 2.05) is 13.8 Å². The van der Waals surface area contributed by atoms with Crippen molar-refractivity contribution in [1.82, 2.24) is 14.8 Å². The Balaban J connectivity index is 2.21. The molecule has 2 heterocycles. The summed E-state index contributed by atoms with van der Waals surface area (Å²) >= 11 is 7.65. The van der Waals surface area contributed by atoms with E-state index in [0.29, 0.717) is 10.7 Å². The van der Waals surface area contributed by atoms with Gasteiger partial charge in [-0.15, -0.1) is 11.3 Å². The maximum atomic E-state index is 12.3. The van der Waals surface area contributed by atoms with Crippen molar-refractivity contribution in [3.8, 4) is 0 Å². The fraction of sp³-hybridized carbons (Fsp3) is 0.462. The number of aromatic nitrogens is 3. The van der Waals surface area contributed by atoms with Crippen LogP contribution in [0.1, 0.15) is 46.8 Å². The van der Waals surface area contributed by atoms with Crippen LogP contribution in [0, 0.1) is 0 Å². The highest BCUT2D eigenvalue weighted by atomic mass is 35.5. The summed E-state index contributed by atoms with van der Waals surface area (Å²) in [5.74, 6) is -0.0688. The molecule has 7 heteroatoms. The Kier molecular flexibility index (Phi) is 4.57. The third-order valence-corrected chi connectivity index (χ3v) is 4.51. The zero-order valence-electron chi connectivity index (χ0n) is 11.7. The highest BCUT2D eigenvalue weighted by Gasteiger charge is 2.19. The van der Waals surface area contributed by atoms with E-state index >= 15 is 0 Å². The van der Waals surface area contributed by atoms with Crippen molar-refractivity contribution in [2.45, 2.75) is 32.7 Å². The summed E-state index contributed by atoms with van der Waals surface area (Å²) < 4.78 is 1.66. The summed E-state index contributed by atoms with van der Waals surface area (Å²) in [5.41, 5.74) is 7.73. The van der Waals surface area contributed by atoms with Crippen LogP contribution in [0.4, 0.5) is 0 Å². The number of nitrogens with two attached hydrogens (primary N) is 1. The molecule has 0 amide bonds. The molecule has 2 N–H and O–H groups in total. The first-order valence-corrected chi connectivity index (χ1v) is 7.64. The number of nitrogens with zero attached hydrogens (tertiary/aromatic N) is 3. The summed E-state index contributed by atoms with van der Waals surface area (Å²) in [7, 11) is 1.79. The maximum Gasteiger partial charge on any atom is 0.188 e. The van der Waals surface area contributed by atoms with E-state index in [2.05, 4.69) is 10.1 Å². The van der Waals surface area contributed by atoms with Crippen LogP contribution < -0.4 is 5.73 Å². The van der Waals surface area contributed by atoms with Crippen molar-refractivity contribution in [1.29, 1.82) is 0 Å². The van der Waals surface area contributed by atoms with E-state index in [0.717, 1.165) is 22.8 Å². The number of hydrogen-bond donors (Lipinski definition) is 1. The van der Waals surface area contributed by atoms with Crippen LogP contribution in [0.2, 0.25) is 5.02 Å². The molecule has 0 aliphatic carbocycles. The van der Waals surface area contributed by atoms with Crippen LogP contribution in [-0.2, 0) is 19.9 Å². The average molecular weight is 313 g/mol. The normalized spacial score (nSPS) is 12.7. The second-order valence-electron chi connectivity index (χ2n) is 4.64. The predicted molar refractivity (Wildman–Crippen MR) is 80.3 cm³/mol. The molecule has 1 unspecified atom stereocenters. The smallest absolute Gasteiger partial charge is 0.188 e. The molecule has 2 rings (SSSR count). The fourth-order valence-electron chi connectivity index (χ4n) is 1.88. The van der Waals surface area contributed by atoms with Gasteiger partial charge in [-0.05, 0) is 13.3 Å². The monoisotopic (exact) mass is 312 g/mol. The number of aryl methyl sites for hydroxylation is 2. The van der Waals surface area contributed by atoms with Gasteiger partial charge in [0.2, 0.25) is 0 Å². The predicted octanol–water partition coefficient (Wildman–Crippen LogP) is 2.54. The van der Waals surface area contributed by atoms with Crippen molar-refractivity contribution >= 4 is 28.7 Å². The van der Waals surface area contributed by atoms with Crippen LogP contribution in [0.5, 0.6) is 0 Å². The van der Waals surface area contributed by atoms with Crippen LogP contribution in [0.15, 0.2) is 5.38 Å². The number of ketones is 1. The lowest BCUT2D eigenvalue weighted by Gasteiger charge is -2.01. The Morgan fingerprint density at radius 1 is 1.60 bits per heavy atom. The zero-order valence-corrected chi connectivity index (χ0v) is 13.3. The van der Waals surface area contributed by atoms with Crippen LogP contribution in [0.3, 0.4) is 0 Å². The van der Waals surface area contributed by atoms with Gasteiger partial charge in [-0.3, -0.25) is 9.48 Å². The van der Waals surface area contributed by atoms with E-state index in [4.69, 9.17) is 17.3 Å². The minimum Gasteiger partial charge on any atom is -0.322 e. The first-order chi connectivity index (χ1) is 9.43. The van der Waals surface area contributed by atoms with E-state index < -0.39 is 0 Å². The Labute approximate surface area is 126 Å². The lowest BCUT2D eigenvalue weighted by atomic mass is 10.1. The van der Waals surface area contributed by atoms with Gasteiger partial charge >= 0.3 is 0 Å². The maximum absolute atomic E-state index is 12.3. The Hall–Kier alpha value is -1.24. The molecule has 0 aliphatic heterocycles. The SMILES string of the molecule is CCc1nn(C)c(CC(=O)c2csc(C(C)N)n2)c1Cl. The third-order valence-electron chi connectivity index (χ3n) is 3.03. The second kappa shape index (κ2) is 6.03. The van der Waals surface area contributed by atoms with Crippen molar-refractivity contribution in [3.05, 3.63) is 32.5 Å². The number of rotatable bonds is 5. The molecule has 0 bridgehead atoms. The molecule has 0 saturated heterocycles. The lowest BCUT2D eigenvalue weighted by Crippen LogP contribution is -2.10. The van der Waals surface area contributed by atoms with Crippen molar-refractivity contribution in [2.24, 2.45) is 12.8 Å². The molecule has 5 nitrogen and oxygen atoms in total. The molecule has 20 heavy (non-hydrogen) atoms. The topological polar surface area (TPSA) is 73.8 Å². The van der Waals surface area contributed by atoms with Gasteiger partial charge in [-0.25, -0.2) is 4.98 Å². The number of halogens is 1. The minimum absolute atomic E-state index is 0.0688. The molecule has 0 radical (unpaired) electrons. The number of thiazole rings is 1. The highest BCUT2D eigenvalue weighted by Crippen LogP contribution is 2.23. The summed E-state index contributed by atoms with van der Waals surface area (Å²) in [6.07, 6.45) is 0.941. The molecule has 2 aromatic heterocycles. The number of carbonyl (C=O) groups is 1. The lowest BCUT2D eigenvalue weighted by molar-refractivity contribution is 0.0986. The minimum atomic E-state index is -0.159. The van der Waals surface area contributed by atoms with Gasteiger partial charge in [0.1, 0.15) is 10.7 Å². The van der Waals surface area contributed by atoms with Gasteiger partial charge in [0.05, 0.1) is 28.9 Å². The standard InChI is InChI=1S/C13H17ClN4OS/c1-4-8-12(14)10(18(3)17-8)5-11(19)9-6-20-13(16-9)7(2)15/h6-7H,4-5,15H2,1-3H3. The highest BCUT2D eigenvalue weighted by molar-refractivity contribution is 7.09. The first-order valence-electron chi connectivity index (χ1n) is 6.38. The van der Waals surface area contributed by atoms with Crippen molar-refractivity contribution in [3.63, 3.8) is 0 Å². The van der Waals surface area contributed by atoms with Crippen LogP contribution in [0.25, 0.3) is 0 Å². The third kappa shape index (κ3) is 2.92. The summed E-state index contributed by atoms with van der Waals surface area (Å²) in [5, 5.41) is 7.38. The quantitative estimate of drug-likeness (QED) is 0.861. The summed E-state index contributed by atoms with van der Waals surface area (Å²) in [6, 6.07) is -0.159. The molecule has 2 aromatic rings. The van der Waals surface area contributed by atoms with E-state index in [9.17, 15) is 4.79 Å². The zero-order chi connectivity index (χ0) is 14.9. The summed E-state index contributed by atoms with van der Waals surface area (Å²) in [4.78, 5) is 16.5. The van der Waals surface area contributed by atoms with E-state index in [-0.39, 0.29) is 18.2 Å². The van der Waals surface area contributed by atoms with Crippen molar-refractivity contribution in [2.75, 3.05) is 0 Å². The molecular formula is C13H17ClN4OS. The average Bonchev–Trinajstić information content (AvgIpc) is 2.98. The van der Waals surface area contributed by atoms with Gasteiger partial charge in [0.15, 0.2) is 5.78 Å². The molecule has 1 atom stereocenters. The Morgan fingerprint density at radius 3 is 2.80 bits per heavy atom. The largest absolute Gasteiger partial charge is 0.322 e. The van der Waals surface area contributed by atoms with Gasteiger partial charge in [0.25, 0.3) is 0 Å². The molecule has 0 aromatic carbocycles. The molecule has 0 spiro atoms. The number of hydrogen-bond acceptors (Lipinski definition) is 5. The number of carbonyl (C=O) groups excluding carboxylic acids is 1. The summed E-state index contributed by atoms with van der Waals surface area (Å²) in [6.45, 7) is 3.83. The molecular weight excluding hydrogens is 296 g/mol. The Bertz CT molecular complexity index is 632. The van der Waals surface area contributed by atoms with Gasteiger partial charge in [0, 0.05) is 12.4 Å².